The van der Waals surface area contributed by atoms with Crippen LogP contribution in [-0.4, -0.2) is 58.6 Å². The number of thiophene rings is 1. The van der Waals surface area contributed by atoms with Gasteiger partial charge in [-0.05, 0) is 42.1 Å². The molecule has 10 heteroatoms. The summed E-state index contributed by atoms with van der Waals surface area (Å²) in [5.41, 5.74) is 0.572. The van der Waals surface area contributed by atoms with Crippen molar-refractivity contribution < 1.29 is 17.6 Å². The number of benzene rings is 1. The quantitative estimate of drug-likeness (QED) is 0.647. The molecule has 1 aliphatic heterocycles. The average molecular weight is 420 g/mol. The lowest BCUT2D eigenvalue weighted by Gasteiger charge is -2.21. The number of carbonyl (C=O) groups excluding carboxylic acids is 1. The Bertz CT molecular complexity index is 1110. The summed E-state index contributed by atoms with van der Waals surface area (Å²) in [6, 6.07) is 9.07. The molecule has 0 bridgehead atoms. The molecule has 0 saturated carbocycles. The number of hydrogen-bond acceptors (Lipinski definition) is 6. The molecule has 3 heterocycles. The van der Waals surface area contributed by atoms with E-state index in [4.69, 9.17) is 0 Å². The number of sulfone groups is 1. The summed E-state index contributed by atoms with van der Waals surface area (Å²) in [6.07, 6.45) is 0.404. The first kappa shape index (κ1) is 18.8. The number of carbonyl (C=O) groups is 1. The third kappa shape index (κ3) is 3.57. The van der Waals surface area contributed by atoms with Gasteiger partial charge in [-0.2, -0.15) is 0 Å². The van der Waals surface area contributed by atoms with Crippen LogP contribution in [0.25, 0.3) is 16.4 Å². The topological polar surface area (TPSA) is 85.2 Å². The van der Waals surface area contributed by atoms with Crippen molar-refractivity contribution in [3.63, 3.8) is 0 Å². The van der Waals surface area contributed by atoms with Crippen LogP contribution in [0.3, 0.4) is 0 Å². The maximum atomic E-state index is 13.3. The van der Waals surface area contributed by atoms with Crippen LogP contribution in [0, 0.1) is 5.82 Å². The molecule has 2 aromatic heterocycles. The van der Waals surface area contributed by atoms with Crippen LogP contribution in [0.15, 0.2) is 41.8 Å². The van der Waals surface area contributed by atoms with Crippen molar-refractivity contribution >= 4 is 27.1 Å². The molecule has 1 fully saturated rings. The predicted octanol–water partition coefficient (Wildman–Crippen LogP) is 2.39. The van der Waals surface area contributed by atoms with Gasteiger partial charge < -0.3 is 4.90 Å². The Kier molecular flexibility index (Phi) is 4.76. The average Bonchev–Trinajstić information content (AvgIpc) is 3.40. The number of halogens is 1. The van der Waals surface area contributed by atoms with Crippen LogP contribution in [0.4, 0.5) is 4.39 Å². The van der Waals surface area contributed by atoms with Gasteiger partial charge in [0.2, 0.25) is 5.82 Å². The van der Waals surface area contributed by atoms with E-state index in [1.165, 1.54) is 33.1 Å². The van der Waals surface area contributed by atoms with E-state index in [0.29, 0.717) is 17.9 Å². The minimum atomic E-state index is -3.12. The van der Waals surface area contributed by atoms with Crippen molar-refractivity contribution in [3.05, 3.63) is 53.4 Å². The van der Waals surface area contributed by atoms with Gasteiger partial charge in [0.1, 0.15) is 5.82 Å². The molecule has 0 aliphatic carbocycles. The fourth-order valence-electron chi connectivity index (χ4n) is 3.13. The lowest BCUT2D eigenvalue weighted by atomic mass is 10.2. The van der Waals surface area contributed by atoms with E-state index in [9.17, 15) is 17.6 Å². The summed E-state index contributed by atoms with van der Waals surface area (Å²) >= 11 is 1.44. The third-order valence-electron chi connectivity index (χ3n) is 4.69. The largest absolute Gasteiger partial charge is 0.335 e. The molecule has 0 radical (unpaired) electrons. The van der Waals surface area contributed by atoms with Crippen molar-refractivity contribution in [3.8, 4) is 16.4 Å². The highest BCUT2D eigenvalue weighted by atomic mass is 32.2. The molecule has 146 valence electrons. The van der Waals surface area contributed by atoms with Gasteiger partial charge in [-0.25, -0.2) is 22.5 Å². The van der Waals surface area contributed by atoms with Gasteiger partial charge in [0.15, 0.2) is 15.7 Å². The highest BCUT2D eigenvalue weighted by Gasteiger charge is 2.34. The van der Waals surface area contributed by atoms with Gasteiger partial charge in [0.05, 0.1) is 22.1 Å². The van der Waals surface area contributed by atoms with Crippen molar-refractivity contribution in [1.29, 1.82) is 0 Å². The maximum Gasteiger partial charge on any atom is 0.293 e. The molecule has 0 unspecified atom stereocenters. The zero-order chi connectivity index (χ0) is 19.9. The molecule has 3 aromatic rings. The SMILES string of the molecule is CN(C(=O)c1nc(-c2cccs2)n(-c2ccc(F)cc2)n1)[C@@H]1CCS(=O)(=O)C1. The van der Waals surface area contributed by atoms with Crippen LogP contribution >= 0.6 is 11.3 Å². The molecule has 1 atom stereocenters. The van der Waals surface area contributed by atoms with Crippen molar-refractivity contribution in [1.82, 2.24) is 19.7 Å². The van der Waals surface area contributed by atoms with Crippen LogP contribution < -0.4 is 0 Å². The van der Waals surface area contributed by atoms with Crippen LogP contribution in [-0.2, 0) is 9.84 Å². The zero-order valence-corrected chi connectivity index (χ0v) is 16.6. The number of amides is 1. The molecule has 1 saturated heterocycles. The summed E-state index contributed by atoms with van der Waals surface area (Å²) in [4.78, 5) is 19.5. The van der Waals surface area contributed by atoms with E-state index < -0.39 is 15.7 Å². The van der Waals surface area contributed by atoms with Crippen LogP contribution in [0.1, 0.15) is 17.0 Å². The third-order valence-corrected chi connectivity index (χ3v) is 7.30. The molecule has 0 spiro atoms. The van der Waals surface area contributed by atoms with E-state index in [1.54, 1.807) is 19.2 Å². The Balaban J connectivity index is 1.71. The normalized spacial score (nSPS) is 18.3. The number of nitrogens with zero attached hydrogens (tertiary/aromatic N) is 4. The van der Waals surface area contributed by atoms with Crippen molar-refractivity contribution in [2.75, 3.05) is 18.6 Å². The van der Waals surface area contributed by atoms with E-state index in [1.807, 2.05) is 17.5 Å². The Labute approximate surface area is 165 Å². The first-order valence-electron chi connectivity index (χ1n) is 8.58. The summed E-state index contributed by atoms with van der Waals surface area (Å²) in [6.45, 7) is 0. The Morgan fingerprint density at radius 3 is 2.64 bits per heavy atom. The second kappa shape index (κ2) is 7.10. The first-order chi connectivity index (χ1) is 13.3. The predicted molar refractivity (Wildman–Crippen MR) is 104 cm³/mol. The Morgan fingerprint density at radius 2 is 2.04 bits per heavy atom. The maximum absolute atomic E-state index is 13.3. The van der Waals surface area contributed by atoms with Crippen molar-refractivity contribution in [2.24, 2.45) is 0 Å². The van der Waals surface area contributed by atoms with E-state index in [2.05, 4.69) is 10.1 Å². The van der Waals surface area contributed by atoms with Crippen molar-refractivity contribution in [2.45, 2.75) is 12.5 Å². The highest BCUT2D eigenvalue weighted by molar-refractivity contribution is 7.91. The molecule has 7 nitrogen and oxygen atoms in total. The molecule has 1 aliphatic rings. The minimum absolute atomic E-state index is 0.0282. The number of rotatable bonds is 4. The Morgan fingerprint density at radius 1 is 1.29 bits per heavy atom. The summed E-state index contributed by atoms with van der Waals surface area (Å²) in [7, 11) is -1.55. The summed E-state index contributed by atoms with van der Waals surface area (Å²) < 4.78 is 38.3. The fraction of sp³-hybridized carbons (Fsp3) is 0.278. The Hall–Kier alpha value is -2.59. The van der Waals surface area contributed by atoms with Crippen LogP contribution in [0.5, 0.6) is 0 Å². The van der Waals surface area contributed by atoms with Gasteiger partial charge in [-0.15, -0.1) is 16.4 Å². The van der Waals surface area contributed by atoms with Gasteiger partial charge >= 0.3 is 0 Å². The second-order valence-corrected chi connectivity index (χ2v) is 9.77. The minimum Gasteiger partial charge on any atom is -0.335 e. The highest BCUT2D eigenvalue weighted by Crippen LogP contribution is 2.26. The van der Waals surface area contributed by atoms with Gasteiger partial charge in [-0.1, -0.05) is 6.07 Å². The molecular formula is C18H17FN4O3S2. The molecular weight excluding hydrogens is 403 g/mol. The lowest BCUT2D eigenvalue weighted by molar-refractivity contribution is 0.0735. The standard InChI is InChI=1S/C18H17FN4O3S2/c1-22(14-8-10-28(25,26)11-14)18(24)16-20-17(15-3-2-9-27-15)23(21-16)13-6-4-12(19)5-7-13/h2-7,9,14H,8,10-11H2,1H3/t14-/m1/s1. The molecule has 0 N–H and O–H groups in total. The summed E-state index contributed by atoms with van der Waals surface area (Å²) in [5.74, 6) is -0.350. The van der Waals surface area contributed by atoms with Crippen LogP contribution in [0.2, 0.25) is 0 Å². The smallest absolute Gasteiger partial charge is 0.293 e. The van der Waals surface area contributed by atoms with Gasteiger partial charge in [0.25, 0.3) is 5.91 Å². The zero-order valence-electron chi connectivity index (χ0n) is 14.9. The lowest BCUT2D eigenvalue weighted by Crippen LogP contribution is -2.38. The fourth-order valence-corrected chi connectivity index (χ4v) is 5.61. The number of aromatic nitrogens is 3. The molecule has 1 aromatic carbocycles. The first-order valence-corrected chi connectivity index (χ1v) is 11.3. The number of hydrogen-bond donors (Lipinski definition) is 0. The monoisotopic (exact) mass is 420 g/mol. The van der Waals surface area contributed by atoms with Gasteiger partial charge in [-0.3, -0.25) is 4.79 Å². The molecule has 28 heavy (non-hydrogen) atoms. The molecule has 4 rings (SSSR count). The summed E-state index contributed by atoms with van der Waals surface area (Å²) in [5, 5.41) is 6.23. The van der Waals surface area contributed by atoms with E-state index in [0.717, 1.165) is 4.88 Å². The van der Waals surface area contributed by atoms with E-state index >= 15 is 0 Å². The van der Waals surface area contributed by atoms with Gasteiger partial charge in [0, 0.05) is 13.1 Å². The molecule has 1 amide bonds. The van der Waals surface area contributed by atoms with E-state index in [-0.39, 0.29) is 29.2 Å². The second-order valence-electron chi connectivity index (χ2n) is 6.60.